The summed E-state index contributed by atoms with van der Waals surface area (Å²) < 4.78 is 3.60. The summed E-state index contributed by atoms with van der Waals surface area (Å²) in [4.78, 5) is 52.5. The first-order valence-electron chi connectivity index (χ1n) is 7.81. The average molecular weight is 355 g/mol. The Morgan fingerprint density at radius 1 is 1.12 bits per heavy atom. The van der Waals surface area contributed by atoms with Gasteiger partial charge in [-0.3, -0.25) is 19.0 Å². The molecule has 1 aromatic carbocycles. The van der Waals surface area contributed by atoms with Crippen LogP contribution in [0.1, 0.15) is 17.3 Å². The number of imidazole rings is 1. The van der Waals surface area contributed by atoms with E-state index in [0.717, 1.165) is 4.57 Å². The monoisotopic (exact) mass is 355 g/mol. The van der Waals surface area contributed by atoms with Gasteiger partial charge in [-0.1, -0.05) is 0 Å². The number of fused-ring (bicyclic) bond motifs is 1. The molecular formula is C17H17N5O4. The van der Waals surface area contributed by atoms with Gasteiger partial charge in [0.05, 0.1) is 6.33 Å². The molecule has 0 unspecified atom stereocenters. The van der Waals surface area contributed by atoms with Crippen molar-refractivity contribution in [1.29, 1.82) is 0 Å². The van der Waals surface area contributed by atoms with Crippen molar-refractivity contribution in [3.63, 3.8) is 0 Å². The third-order valence-electron chi connectivity index (χ3n) is 4.08. The van der Waals surface area contributed by atoms with E-state index in [4.69, 9.17) is 0 Å². The lowest BCUT2D eigenvalue weighted by Gasteiger charge is -2.09. The summed E-state index contributed by atoms with van der Waals surface area (Å²) in [6, 6.07) is 6.34. The number of carbonyl (C=O) groups is 2. The number of carbonyl (C=O) groups excluding carboxylic acids is 2. The minimum Gasteiger partial charge on any atom is -0.328 e. The molecule has 3 aromatic rings. The maximum atomic E-state index is 12.6. The van der Waals surface area contributed by atoms with E-state index in [1.807, 2.05) is 0 Å². The van der Waals surface area contributed by atoms with Crippen LogP contribution in [0.15, 0.2) is 40.2 Å². The Balaban J connectivity index is 1.90. The summed E-state index contributed by atoms with van der Waals surface area (Å²) in [6.07, 6.45) is 1.44. The molecule has 0 fully saturated rings. The molecule has 1 amide bonds. The van der Waals surface area contributed by atoms with E-state index < -0.39 is 23.7 Å². The Bertz CT molecular complexity index is 1130. The Kier molecular flexibility index (Phi) is 4.29. The Labute approximate surface area is 147 Å². The molecule has 0 spiro atoms. The van der Waals surface area contributed by atoms with Crippen molar-refractivity contribution in [1.82, 2.24) is 18.7 Å². The maximum Gasteiger partial charge on any atom is 0.332 e. The highest BCUT2D eigenvalue weighted by Gasteiger charge is 2.17. The number of hydrogen-bond donors (Lipinski definition) is 1. The van der Waals surface area contributed by atoms with Crippen LogP contribution < -0.4 is 16.6 Å². The van der Waals surface area contributed by atoms with Gasteiger partial charge in [-0.15, -0.1) is 0 Å². The molecule has 0 aliphatic heterocycles. The van der Waals surface area contributed by atoms with Crippen molar-refractivity contribution in [2.75, 3.05) is 5.32 Å². The smallest absolute Gasteiger partial charge is 0.328 e. The van der Waals surface area contributed by atoms with Gasteiger partial charge in [0.1, 0.15) is 6.54 Å². The van der Waals surface area contributed by atoms with E-state index in [1.54, 1.807) is 31.3 Å². The minimum absolute atomic E-state index is 0.0811. The summed E-state index contributed by atoms with van der Waals surface area (Å²) in [5.41, 5.74) is 0.291. The number of nitrogens with zero attached hydrogens (tertiary/aromatic N) is 4. The van der Waals surface area contributed by atoms with Gasteiger partial charge in [-0.25, -0.2) is 14.3 Å². The van der Waals surface area contributed by atoms with E-state index in [0.29, 0.717) is 11.3 Å². The molecule has 0 bridgehead atoms. The lowest BCUT2D eigenvalue weighted by atomic mass is 10.1. The van der Waals surface area contributed by atoms with E-state index in [-0.39, 0.29) is 16.9 Å². The van der Waals surface area contributed by atoms with Crippen molar-refractivity contribution >= 4 is 28.5 Å². The second-order valence-corrected chi connectivity index (χ2v) is 5.94. The lowest BCUT2D eigenvalue weighted by Crippen LogP contribution is -2.42. The molecule has 0 aliphatic carbocycles. The number of amides is 1. The van der Waals surface area contributed by atoms with Crippen LogP contribution in [-0.4, -0.2) is 30.4 Å². The number of ketones is 1. The van der Waals surface area contributed by atoms with Crippen molar-refractivity contribution in [2.24, 2.45) is 14.1 Å². The first-order chi connectivity index (χ1) is 12.3. The summed E-state index contributed by atoms with van der Waals surface area (Å²) in [6.45, 7) is 1.02. The number of anilines is 1. The van der Waals surface area contributed by atoms with E-state index in [9.17, 15) is 19.2 Å². The van der Waals surface area contributed by atoms with Crippen molar-refractivity contribution < 1.29 is 9.59 Å². The quantitative estimate of drug-likeness (QED) is 0.676. The molecule has 1 N–H and O–H groups in total. The number of benzene rings is 1. The van der Waals surface area contributed by atoms with Gasteiger partial charge < -0.3 is 9.88 Å². The maximum absolute atomic E-state index is 12.6. The highest BCUT2D eigenvalue weighted by molar-refractivity contribution is 5.95. The number of aryl methyl sites for hydroxylation is 2. The van der Waals surface area contributed by atoms with E-state index in [2.05, 4.69) is 10.3 Å². The minimum atomic E-state index is -0.622. The van der Waals surface area contributed by atoms with Crippen molar-refractivity contribution in [3.05, 3.63) is 57.0 Å². The molecular weight excluding hydrogens is 338 g/mol. The summed E-state index contributed by atoms with van der Waals surface area (Å²) in [7, 11) is 3.13. The molecule has 2 heterocycles. The molecule has 9 nitrogen and oxygen atoms in total. The van der Waals surface area contributed by atoms with E-state index >= 15 is 0 Å². The SMILES string of the molecule is CC(=O)c1ccc(NC(=O)Cn2c(=O)c3c(ncn3C)n(C)c2=O)cc1. The van der Waals surface area contributed by atoms with Gasteiger partial charge in [0.2, 0.25) is 5.91 Å². The Morgan fingerprint density at radius 3 is 2.38 bits per heavy atom. The molecule has 0 saturated heterocycles. The van der Waals surface area contributed by atoms with Gasteiger partial charge in [0.15, 0.2) is 16.9 Å². The number of nitrogens with one attached hydrogen (secondary N) is 1. The predicted octanol–water partition coefficient (Wildman–Crippen LogP) is 0.275. The van der Waals surface area contributed by atoms with Gasteiger partial charge in [-0.2, -0.15) is 0 Å². The van der Waals surface area contributed by atoms with E-state index in [1.165, 1.54) is 29.4 Å². The fourth-order valence-electron chi connectivity index (χ4n) is 2.67. The molecule has 0 atom stereocenters. The zero-order valence-electron chi connectivity index (χ0n) is 14.5. The zero-order valence-corrected chi connectivity index (χ0v) is 14.5. The lowest BCUT2D eigenvalue weighted by molar-refractivity contribution is -0.116. The average Bonchev–Trinajstić information content (AvgIpc) is 2.99. The molecule has 9 heteroatoms. The van der Waals surface area contributed by atoms with Crippen molar-refractivity contribution in [3.8, 4) is 0 Å². The standard InChI is InChI=1S/C17H17N5O4/c1-10(23)11-4-6-12(7-5-11)19-13(24)8-22-16(25)14-15(18-9-20(14)2)21(3)17(22)26/h4-7,9H,8H2,1-3H3,(H,19,24). The first-order valence-corrected chi connectivity index (χ1v) is 7.81. The van der Waals surface area contributed by atoms with Gasteiger partial charge in [0, 0.05) is 25.3 Å². The number of rotatable bonds is 4. The second kappa shape index (κ2) is 6.43. The van der Waals surface area contributed by atoms with Crippen LogP contribution in [0.25, 0.3) is 11.2 Å². The highest BCUT2D eigenvalue weighted by atomic mass is 16.2. The van der Waals surface area contributed by atoms with Crippen LogP contribution >= 0.6 is 0 Å². The summed E-state index contributed by atoms with van der Waals surface area (Å²) in [5, 5.41) is 2.61. The summed E-state index contributed by atoms with van der Waals surface area (Å²) >= 11 is 0. The second-order valence-electron chi connectivity index (χ2n) is 5.94. The van der Waals surface area contributed by atoms with Crippen LogP contribution in [0.2, 0.25) is 0 Å². The molecule has 134 valence electrons. The third kappa shape index (κ3) is 2.94. The predicted molar refractivity (Wildman–Crippen MR) is 95.3 cm³/mol. The Hall–Kier alpha value is -3.49. The molecule has 2 aromatic heterocycles. The zero-order chi connectivity index (χ0) is 19.0. The van der Waals surface area contributed by atoms with Crippen LogP contribution in [0.4, 0.5) is 5.69 Å². The van der Waals surface area contributed by atoms with Crippen LogP contribution in [-0.2, 0) is 25.4 Å². The normalized spacial score (nSPS) is 10.9. The van der Waals surface area contributed by atoms with Gasteiger partial charge >= 0.3 is 5.69 Å². The van der Waals surface area contributed by atoms with Crippen molar-refractivity contribution in [2.45, 2.75) is 13.5 Å². The largest absolute Gasteiger partial charge is 0.332 e. The highest BCUT2D eigenvalue weighted by Crippen LogP contribution is 2.10. The number of Topliss-reactive ketones (excluding diaryl/α,β-unsaturated/α-hetero) is 1. The first kappa shape index (κ1) is 17.3. The van der Waals surface area contributed by atoms with Crippen LogP contribution in [0, 0.1) is 0 Å². The third-order valence-corrected chi connectivity index (χ3v) is 4.08. The fourth-order valence-corrected chi connectivity index (χ4v) is 2.67. The molecule has 0 saturated carbocycles. The molecule has 26 heavy (non-hydrogen) atoms. The Morgan fingerprint density at radius 2 is 1.77 bits per heavy atom. The molecule has 3 rings (SSSR count). The summed E-state index contributed by atoms with van der Waals surface area (Å²) in [5.74, 6) is -0.608. The van der Waals surface area contributed by atoms with Crippen LogP contribution in [0.3, 0.4) is 0 Å². The van der Waals surface area contributed by atoms with Gasteiger partial charge in [0.25, 0.3) is 5.56 Å². The molecule has 0 aliphatic rings. The van der Waals surface area contributed by atoms with Crippen LogP contribution in [0.5, 0.6) is 0 Å². The molecule has 0 radical (unpaired) electrons. The van der Waals surface area contributed by atoms with Gasteiger partial charge in [-0.05, 0) is 31.2 Å². The number of aromatic nitrogens is 4. The fraction of sp³-hybridized carbons (Fsp3) is 0.235. The topological polar surface area (TPSA) is 108 Å². The number of hydrogen-bond acceptors (Lipinski definition) is 5.